The standard InChI is InChI=1S/C18H24N2O2/c21-17-11-15(18(22)19-16-9-5-2-6-10-16)13-20(17)12-14-7-3-1-4-8-14/h1,3-4,7-8,15-16H,2,5-6,9-13H2,(H,19,22)/t15-/m1/s1. The number of carbonyl (C=O) groups is 2. The van der Waals surface area contributed by atoms with Crippen LogP contribution >= 0.6 is 0 Å². The number of likely N-dealkylation sites (tertiary alicyclic amines) is 1. The fraction of sp³-hybridized carbons (Fsp3) is 0.556. The fourth-order valence-electron chi connectivity index (χ4n) is 3.47. The van der Waals surface area contributed by atoms with E-state index in [1.165, 1.54) is 19.3 Å². The largest absolute Gasteiger partial charge is 0.353 e. The average molecular weight is 300 g/mol. The summed E-state index contributed by atoms with van der Waals surface area (Å²) in [4.78, 5) is 26.3. The molecule has 1 heterocycles. The van der Waals surface area contributed by atoms with Crippen LogP contribution in [0.1, 0.15) is 44.1 Å². The first kappa shape index (κ1) is 15.1. The zero-order chi connectivity index (χ0) is 15.4. The van der Waals surface area contributed by atoms with Crippen LogP contribution in [0.3, 0.4) is 0 Å². The van der Waals surface area contributed by atoms with Gasteiger partial charge in [-0.2, -0.15) is 0 Å². The van der Waals surface area contributed by atoms with Gasteiger partial charge in [0.25, 0.3) is 0 Å². The molecule has 1 saturated carbocycles. The van der Waals surface area contributed by atoms with E-state index in [9.17, 15) is 9.59 Å². The lowest BCUT2D eigenvalue weighted by Gasteiger charge is -2.24. The van der Waals surface area contributed by atoms with E-state index in [1.807, 2.05) is 30.3 Å². The van der Waals surface area contributed by atoms with E-state index < -0.39 is 0 Å². The summed E-state index contributed by atoms with van der Waals surface area (Å²) >= 11 is 0. The predicted molar refractivity (Wildman–Crippen MR) is 85.0 cm³/mol. The molecule has 0 aromatic heterocycles. The Bertz CT molecular complexity index is 523. The average Bonchev–Trinajstić information content (AvgIpc) is 2.90. The smallest absolute Gasteiger partial charge is 0.225 e. The van der Waals surface area contributed by atoms with Gasteiger partial charge in [0.05, 0.1) is 5.92 Å². The molecule has 118 valence electrons. The molecule has 1 aromatic rings. The van der Waals surface area contributed by atoms with Crippen LogP contribution < -0.4 is 5.32 Å². The molecule has 1 aromatic carbocycles. The topological polar surface area (TPSA) is 49.4 Å². The van der Waals surface area contributed by atoms with Crippen LogP contribution in [0.2, 0.25) is 0 Å². The van der Waals surface area contributed by atoms with Crippen molar-refractivity contribution >= 4 is 11.8 Å². The fourth-order valence-corrected chi connectivity index (χ4v) is 3.47. The van der Waals surface area contributed by atoms with E-state index in [0.29, 0.717) is 25.6 Å². The number of benzene rings is 1. The van der Waals surface area contributed by atoms with Crippen molar-refractivity contribution in [3.63, 3.8) is 0 Å². The summed E-state index contributed by atoms with van der Waals surface area (Å²) in [6, 6.07) is 10.3. The van der Waals surface area contributed by atoms with Gasteiger partial charge >= 0.3 is 0 Å². The minimum Gasteiger partial charge on any atom is -0.353 e. The number of nitrogens with zero attached hydrogens (tertiary/aromatic N) is 1. The van der Waals surface area contributed by atoms with E-state index in [2.05, 4.69) is 5.32 Å². The van der Waals surface area contributed by atoms with Crippen LogP contribution in [0.4, 0.5) is 0 Å². The monoisotopic (exact) mass is 300 g/mol. The first-order chi connectivity index (χ1) is 10.7. The Kier molecular flexibility index (Phi) is 4.76. The Morgan fingerprint density at radius 2 is 1.86 bits per heavy atom. The van der Waals surface area contributed by atoms with E-state index >= 15 is 0 Å². The van der Waals surface area contributed by atoms with Crippen molar-refractivity contribution in [2.45, 2.75) is 51.1 Å². The summed E-state index contributed by atoms with van der Waals surface area (Å²) in [6.45, 7) is 1.15. The van der Waals surface area contributed by atoms with Crippen molar-refractivity contribution < 1.29 is 9.59 Å². The van der Waals surface area contributed by atoms with E-state index in [1.54, 1.807) is 4.90 Å². The first-order valence-electron chi connectivity index (χ1n) is 8.34. The van der Waals surface area contributed by atoms with Gasteiger partial charge < -0.3 is 10.2 Å². The molecule has 1 N–H and O–H groups in total. The van der Waals surface area contributed by atoms with E-state index in [0.717, 1.165) is 18.4 Å². The molecule has 4 heteroatoms. The number of nitrogens with one attached hydrogen (secondary N) is 1. The summed E-state index contributed by atoms with van der Waals surface area (Å²) in [7, 11) is 0. The van der Waals surface area contributed by atoms with Crippen LogP contribution in [0.25, 0.3) is 0 Å². The lowest BCUT2D eigenvalue weighted by atomic mass is 9.95. The Balaban J connectivity index is 1.53. The maximum absolute atomic E-state index is 12.4. The zero-order valence-electron chi connectivity index (χ0n) is 13.0. The van der Waals surface area contributed by atoms with Gasteiger partial charge in [0.1, 0.15) is 0 Å². The highest BCUT2D eigenvalue weighted by molar-refractivity contribution is 5.89. The number of rotatable bonds is 4. The molecule has 4 nitrogen and oxygen atoms in total. The first-order valence-corrected chi connectivity index (χ1v) is 8.34. The highest BCUT2D eigenvalue weighted by atomic mass is 16.2. The molecule has 2 aliphatic rings. The normalized spacial score (nSPS) is 22.8. The van der Waals surface area contributed by atoms with Gasteiger partial charge in [-0.25, -0.2) is 0 Å². The molecular weight excluding hydrogens is 276 g/mol. The number of carbonyl (C=O) groups excluding carboxylic acids is 2. The molecular formula is C18H24N2O2. The molecule has 2 amide bonds. The van der Waals surface area contributed by atoms with Crippen LogP contribution in [0.5, 0.6) is 0 Å². The molecule has 1 aliphatic heterocycles. The van der Waals surface area contributed by atoms with Gasteiger partial charge in [0.2, 0.25) is 11.8 Å². The second-order valence-electron chi connectivity index (χ2n) is 6.50. The third-order valence-corrected chi connectivity index (χ3v) is 4.75. The number of amides is 2. The van der Waals surface area contributed by atoms with Crippen molar-refractivity contribution in [1.82, 2.24) is 10.2 Å². The minimum atomic E-state index is -0.182. The lowest BCUT2D eigenvalue weighted by molar-refractivity contribution is -0.129. The highest BCUT2D eigenvalue weighted by Gasteiger charge is 2.34. The SMILES string of the molecule is O=C(NC1CCCCC1)[C@@H]1CC(=O)N(Cc2ccccc2)C1. The van der Waals surface area contributed by atoms with Crippen LogP contribution in [-0.2, 0) is 16.1 Å². The van der Waals surface area contributed by atoms with E-state index in [4.69, 9.17) is 0 Å². The van der Waals surface area contributed by atoms with Gasteiger partial charge in [-0.1, -0.05) is 49.6 Å². The van der Waals surface area contributed by atoms with Crippen molar-refractivity contribution in [2.24, 2.45) is 5.92 Å². The zero-order valence-corrected chi connectivity index (χ0v) is 13.0. The van der Waals surface area contributed by atoms with Gasteiger partial charge in [-0.3, -0.25) is 9.59 Å². The molecule has 1 aliphatic carbocycles. The number of hydrogen-bond donors (Lipinski definition) is 1. The minimum absolute atomic E-state index is 0.0656. The molecule has 1 saturated heterocycles. The van der Waals surface area contributed by atoms with Crippen molar-refractivity contribution in [3.8, 4) is 0 Å². The highest BCUT2D eigenvalue weighted by Crippen LogP contribution is 2.22. The molecule has 2 fully saturated rings. The molecule has 22 heavy (non-hydrogen) atoms. The Morgan fingerprint density at radius 1 is 1.14 bits per heavy atom. The molecule has 0 radical (unpaired) electrons. The van der Waals surface area contributed by atoms with Crippen LogP contribution in [-0.4, -0.2) is 29.3 Å². The van der Waals surface area contributed by atoms with Gasteiger partial charge in [0.15, 0.2) is 0 Å². The lowest BCUT2D eigenvalue weighted by Crippen LogP contribution is -2.40. The van der Waals surface area contributed by atoms with Gasteiger partial charge in [-0.05, 0) is 18.4 Å². The summed E-state index contributed by atoms with van der Waals surface area (Å²) in [6.07, 6.45) is 6.20. The maximum Gasteiger partial charge on any atom is 0.225 e. The summed E-state index contributed by atoms with van der Waals surface area (Å²) < 4.78 is 0. The molecule has 0 bridgehead atoms. The summed E-state index contributed by atoms with van der Waals surface area (Å²) in [5.74, 6) is -0.0263. The quantitative estimate of drug-likeness (QED) is 0.928. The van der Waals surface area contributed by atoms with E-state index in [-0.39, 0.29) is 17.7 Å². The molecule has 0 unspecified atom stereocenters. The predicted octanol–water partition coefficient (Wildman–Crippen LogP) is 2.48. The molecule has 3 rings (SSSR count). The second kappa shape index (κ2) is 6.95. The van der Waals surface area contributed by atoms with Crippen molar-refractivity contribution in [1.29, 1.82) is 0 Å². The van der Waals surface area contributed by atoms with Crippen LogP contribution in [0, 0.1) is 5.92 Å². The second-order valence-corrected chi connectivity index (χ2v) is 6.50. The Labute approximate surface area is 131 Å². The number of hydrogen-bond acceptors (Lipinski definition) is 2. The van der Waals surface area contributed by atoms with Crippen molar-refractivity contribution in [2.75, 3.05) is 6.54 Å². The third-order valence-electron chi connectivity index (χ3n) is 4.75. The van der Waals surface area contributed by atoms with Gasteiger partial charge in [0, 0.05) is 25.6 Å². The Morgan fingerprint density at radius 3 is 2.59 bits per heavy atom. The molecule has 1 atom stereocenters. The summed E-state index contributed by atoms with van der Waals surface area (Å²) in [5.41, 5.74) is 1.11. The van der Waals surface area contributed by atoms with Gasteiger partial charge in [-0.15, -0.1) is 0 Å². The maximum atomic E-state index is 12.4. The van der Waals surface area contributed by atoms with Crippen LogP contribution in [0.15, 0.2) is 30.3 Å². The Hall–Kier alpha value is -1.84. The third kappa shape index (κ3) is 3.67. The summed E-state index contributed by atoms with van der Waals surface area (Å²) in [5, 5.41) is 3.15. The molecule has 0 spiro atoms. The van der Waals surface area contributed by atoms with Crippen molar-refractivity contribution in [3.05, 3.63) is 35.9 Å².